The zero-order chi connectivity index (χ0) is 14.0. The van der Waals surface area contributed by atoms with Crippen molar-refractivity contribution in [3.63, 3.8) is 0 Å². The molecule has 1 aromatic carbocycles. The van der Waals surface area contributed by atoms with Gasteiger partial charge in [-0.1, -0.05) is 0 Å². The fourth-order valence-corrected chi connectivity index (χ4v) is 1.91. The Hall–Kier alpha value is -2.55. The van der Waals surface area contributed by atoms with Crippen molar-refractivity contribution >= 4 is 23.1 Å². The molecule has 1 aliphatic rings. The maximum atomic E-state index is 12.1. The minimum absolute atomic E-state index is 0.142. The van der Waals surface area contributed by atoms with Crippen molar-refractivity contribution in [3.05, 3.63) is 18.2 Å². The number of nitrogens with zero attached hydrogens (tertiary/aromatic N) is 2. The van der Waals surface area contributed by atoms with Gasteiger partial charge in [-0.3, -0.25) is 14.5 Å². The van der Waals surface area contributed by atoms with Crippen LogP contribution < -0.4 is 15.4 Å². The summed E-state index contributed by atoms with van der Waals surface area (Å²) in [7, 11) is 0. The van der Waals surface area contributed by atoms with E-state index in [2.05, 4.69) is 0 Å². The Bertz CT molecular complexity index is 577. The second-order valence-corrected chi connectivity index (χ2v) is 4.29. The molecular weight excluding hydrogens is 246 g/mol. The highest BCUT2D eigenvalue weighted by atomic mass is 16.5. The summed E-state index contributed by atoms with van der Waals surface area (Å²) in [5, 5.41) is 8.50. The van der Waals surface area contributed by atoms with E-state index in [0.29, 0.717) is 17.1 Å². The monoisotopic (exact) mass is 259 g/mol. The van der Waals surface area contributed by atoms with E-state index < -0.39 is 6.10 Å². The number of ether oxygens (including phenoxy) is 1. The van der Waals surface area contributed by atoms with Crippen LogP contribution in [0.4, 0.5) is 11.4 Å². The average Bonchev–Trinajstić information content (AvgIpc) is 2.36. The molecular formula is C13H13N3O3. The van der Waals surface area contributed by atoms with Gasteiger partial charge in [0.1, 0.15) is 5.75 Å². The standard InChI is InChI=1S/C13H13N3O3/c1-8-13(18)16(7-10(17)4-5-14)11-6-9(15)2-3-12(11)19-8/h2-3,6,8H,4,7,15H2,1H3. The second kappa shape index (κ2) is 4.98. The van der Waals surface area contributed by atoms with Gasteiger partial charge in [0.05, 0.1) is 24.7 Å². The summed E-state index contributed by atoms with van der Waals surface area (Å²) in [5.74, 6) is -0.131. The van der Waals surface area contributed by atoms with E-state index in [4.69, 9.17) is 15.7 Å². The summed E-state index contributed by atoms with van der Waals surface area (Å²) in [4.78, 5) is 25.0. The van der Waals surface area contributed by atoms with Gasteiger partial charge in [-0.2, -0.15) is 5.26 Å². The van der Waals surface area contributed by atoms with Crippen molar-refractivity contribution in [2.75, 3.05) is 17.2 Å². The number of rotatable bonds is 3. The molecule has 1 atom stereocenters. The van der Waals surface area contributed by atoms with Gasteiger partial charge >= 0.3 is 0 Å². The number of anilines is 2. The zero-order valence-corrected chi connectivity index (χ0v) is 10.4. The molecule has 0 aliphatic carbocycles. The van der Waals surface area contributed by atoms with Gasteiger partial charge in [0, 0.05) is 5.69 Å². The first-order valence-corrected chi connectivity index (χ1v) is 5.79. The van der Waals surface area contributed by atoms with Gasteiger partial charge in [0.15, 0.2) is 11.9 Å². The van der Waals surface area contributed by atoms with E-state index in [1.807, 2.05) is 0 Å². The third-order valence-electron chi connectivity index (χ3n) is 2.80. The minimum Gasteiger partial charge on any atom is -0.479 e. The quantitative estimate of drug-likeness (QED) is 0.812. The van der Waals surface area contributed by atoms with E-state index in [1.165, 1.54) is 4.90 Å². The Morgan fingerprint density at radius 1 is 1.58 bits per heavy atom. The van der Waals surface area contributed by atoms with Crippen LogP contribution in [0.2, 0.25) is 0 Å². The molecule has 6 nitrogen and oxygen atoms in total. The first kappa shape index (κ1) is 12.9. The number of nitrogens with two attached hydrogens (primary N) is 1. The molecule has 1 unspecified atom stereocenters. The molecule has 98 valence electrons. The largest absolute Gasteiger partial charge is 0.479 e. The smallest absolute Gasteiger partial charge is 0.268 e. The summed E-state index contributed by atoms with van der Waals surface area (Å²) in [6.45, 7) is 1.47. The van der Waals surface area contributed by atoms with Crippen LogP contribution in [0.25, 0.3) is 0 Å². The lowest BCUT2D eigenvalue weighted by Crippen LogP contribution is -2.46. The van der Waals surface area contributed by atoms with Crippen LogP contribution in [-0.4, -0.2) is 24.3 Å². The Balaban J connectivity index is 2.36. The van der Waals surface area contributed by atoms with Crippen molar-refractivity contribution in [2.24, 2.45) is 0 Å². The van der Waals surface area contributed by atoms with Crippen LogP contribution in [0.5, 0.6) is 5.75 Å². The number of Topliss-reactive ketones (excluding diaryl/α,β-unsaturated/α-hetero) is 1. The lowest BCUT2D eigenvalue weighted by atomic mass is 10.1. The number of carbonyl (C=O) groups is 2. The predicted octanol–water partition coefficient (Wildman–Crippen LogP) is 0.865. The number of amides is 1. The predicted molar refractivity (Wildman–Crippen MR) is 68.5 cm³/mol. The van der Waals surface area contributed by atoms with Gasteiger partial charge in [-0.05, 0) is 25.1 Å². The zero-order valence-electron chi connectivity index (χ0n) is 10.4. The molecule has 1 aromatic rings. The highest BCUT2D eigenvalue weighted by molar-refractivity contribution is 6.04. The Kier molecular flexibility index (Phi) is 3.38. The number of benzene rings is 1. The molecule has 0 saturated carbocycles. The minimum atomic E-state index is -0.661. The summed E-state index contributed by atoms with van der Waals surface area (Å²) < 4.78 is 5.45. The highest BCUT2D eigenvalue weighted by Crippen LogP contribution is 2.35. The Morgan fingerprint density at radius 2 is 2.32 bits per heavy atom. The third-order valence-corrected chi connectivity index (χ3v) is 2.80. The van der Waals surface area contributed by atoms with Gasteiger partial charge in [-0.15, -0.1) is 0 Å². The number of ketones is 1. The molecule has 1 heterocycles. The summed E-state index contributed by atoms with van der Waals surface area (Å²) in [6.07, 6.45) is -0.887. The SMILES string of the molecule is CC1Oc2ccc(N)cc2N(CC(=O)CC#N)C1=O. The molecule has 0 aromatic heterocycles. The molecule has 0 saturated heterocycles. The van der Waals surface area contributed by atoms with Crippen LogP contribution in [0, 0.1) is 11.3 Å². The fraction of sp³-hybridized carbons (Fsp3) is 0.308. The lowest BCUT2D eigenvalue weighted by Gasteiger charge is -2.32. The van der Waals surface area contributed by atoms with Crippen molar-refractivity contribution in [1.29, 1.82) is 5.26 Å². The van der Waals surface area contributed by atoms with Crippen LogP contribution in [0.15, 0.2) is 18.2 Å². The first-order valence-electron chi connectivity index (χ1n) is 5.79. The fourth-order valence-electron chi connectivity index (χ4n) is 1.91. The molecule has 0 fully saturated rings. The van der Waals surface area contributed by atoms with Gasteiger partial charge in [0.25, 0.3) is 5.91 Å². The van der Waals surface area contributed by atoms with Gasteiger partial charge in [0.2, 0.25) is 0 Å². The summed E-state index contributed by atoms with van der Waals surface area (Å²) in [5.41, 5.74) is 6.62. The van der Waals surface area contributed by atoms with Crippen LogP contribution in [0.1, 0.15) is 13.3 Å². The van der Waals surface area contributed by atoms with Crippen molar-refractivity contribution in [2.45, 2.75) is 19.4 Å². The molecule has 0 radical (unpaired) electrons. The molecule has 2 N–H and O–H groups in total. The molecule has 1 aliphatic heterocycles. The molecule has 19 heavy (non-hydrogen) atoms. The van der Waals surface area contributed by atoms with E-state index in [9.17, 15) is 9.59 Å². The number of nitrogen functional groups attached to an aromatic ring is 1. The van der Waals surface area contributed by atoms with Crippen LogP contribution in [-0.2, 0) is 9.59 Å². The van der Waals surface area contributed by atoms with Crippen LogP contribution in [0.3, 0.4) is 0 Å². The highest BCUT2D eigenvalue weighted by Gasteiger charge is 2.32. The Morgan fingerprint density at radius 3 is 3.00 bits per heavy atom. The molecule has 0 spiro atoms. The van der Waals surface area contributed by atoms with E-state index in [1.54, 1.807) is 31.2 Å². The molecule has 1 amide bonds. The second-order valence-electron chi connectivity index (χ2n) is 4.29. The van der Waals surface area contributed by atoms with E-state index in [-0.39, 0.29) is 24.7 Å². The van der Waals surface area contributed by atoms with Crippen molar-refractivity contribution in [1.82, 2.24) is 0 Å². The van der Waals surface area contributed by atoms with Gasteiger partial charge < -0.3 is 10.5 Å². The normalized spacial score (nSPS) is 17.4. The Labute approximate surface area is 110 Å². The average molecular weight is 259 g/mol. The van der Waals surface area contributed by atoms with Crippen LogP contribution >= 0.6 is 0 Å². The number of hydrogen-bond donors (Lipinski definition) is 1. The summed E-state index contributed by atoms with van der Waals surface area (Å²) >= 11 is 0. The third kappa shape index (κ3) is 2.50. The molecule has 0 bridgehead atoms. The van der Waals surface area contributed by atoms with Crippen molar-refractivity contribution < 1.29 is 14.3 Å². The maximum Gasteiger partial charge on any atom is 0.268 e. The molecule has 6 heteroatoms. The number of carbonyl (C=O) groups excluding carboxylic acids is 2. The van der Waals surface area contributed by atoms with E-state index in [0.717, 1.165) is 0 Å². The van der Waals surface area contributed by atoms with Crippen molar-refractivity contribution in [3.8, 4) is 11.8 Å². The lowest BCUT2D eigenvalue weighted by molar-refractivity contribution is -0.127. The first-order chi connectivity index (χ1) is 9.02. The molecule has 2 rings (SSSR count). The number of hydrogen-bond acceptors (Lipinski definition) is 5. The van der Waals surface area contributed by atoms with E-state index >= 15 is 0 Å². The number of fused-ring (bicyclic) bond motifs is 1. The summed E-state index contributed by atoms with van der Waals surface area (Å²) in [6, 6.07) is 6.68. The maximum absolute atomic E-state index is 12.1. The topological polar surface area (TPSA) is 96.4 Å². The number of nitriles is 1. The van der Waals surface area contributed by atoms with Gasteiger partial charge in [-0.25, -0.2) is 0 Å².